The van der Waals surface area contributed by atoms with Crippen LogP contribution in [0, 0.1) is 17.2 Å². The number of nitrogens with one attached hydrogen (secondary N) is 2. The second-order valence-corrected chi connectivity index (χ2v) is 7.54. The zero-order valence-electron chi connectivity index (χ0n) is 17.0. The molecule has 1 aromatic carbocycles. The van der Waals surface area contributed by atoms with Gasteiger partial charge in [-0.25, -0.2) is 0 Å². The molecule has 0 saturated carbocycles. The van der Waals surface area contributed by atoms with E-state index in [0.29, 0.717) is 17.8 Å². The number of unbranched alkanes of at least 4 members (excludes halogenated alkanes) is 3. The van der Waals surface area contributed by atoms with Gasteiger partial charge >= 0.3 is 0 Å². The topological polar surface area (TPSA) is 85.2 Å². The highest BCUT2D eigenvalue weighted by molar-refractivity contribution is 5.94. The van der Waals surface area contributed by atoms with Gasteiger partial charge in [0.05, 0.1) is 23.6 Å². The van der Waals surface area contributed by atoms with Crippen molar-refractivity contribution in [3.63, 3.8) is 0 Å². The van der Waals surface area contributed by atoms with Crippen LogP contribution in [-0.2, 0) is 9.59 Å². The summed E-state index contributed by atoms with van der Waals surface area (Å²) in [5.74, 6) is -0.0664. The fraction of sp³-hybridized carbons (Fsp3) is 0.591. The maximum atomic E-state index is 12.6. The summed E-state index contributed by atoms with van der Waals surface area (Å²) in [7, 11) is 0. The third kappa shape index (κ3) is 6.65. The molecule has 2 amide bonds. The molecule has 0 aromatic heterocycles. The molecule has 1 saturated heterocycles. The molecular weight excluding hydrogens is 352 g/mol. The number of amides is 2. The Kier molecular flexibility index (Phi) is 8.96. The minimum absolute atomic E-state index is 0.0582. The van der Waals surface area contributed by atoms with Gasteiger partial charge in [-0.2, -0.15) is 5.26 Å². The highest BCUT2D eigenvalue weighted by Crippen LogP contribution is 2.20. The number of carbonyl (C=O) groups excluding carboxylic acids is 2. The van der Waals surface area contributed by atoms with E-state index in [2.05, 4.69) is 28.5 Å². The van der Waals surface area contributed by atoms with Crippen LogP contribution in [0.5, 0.6) is 0 Å². The number of piperidine rings is 1. The van der Waals surface area contributed by atoms with Gasteiger partial charge in [-0.1, -0.05) is 32.3 Å². The van der Waals surface area contributed by atoms with Gasteiger partial charge < -0.3 is 10.6 Å². The standard InChI is InChI=1S/C22H32N4O2/c1-3-4-5-6-12-24-22(28)19-10-8-13-26(16-19)17(2)21(27)25-20-11-7-9-18(14-20)15-23/h7,9,11,14,17,19H,3-6,8,10,12-13,16H2,1-2H3,(H,24,28)(H,25,27). The molecule has 2 N–H and O–H groups in total. The lowest BCUT2D eigenvalue weighted by Gasteiger charge is -2.35. The Hall–Kier alpha value is -2.39. The van der Waals surface area contributed by atoms with Crippen LogP contribution in [0.3, 0.4) is 0 Å². The van der Waals surface area contributed by atoms with Crippen LogP contribution >= 0.6 is 0 Å². The second kappa shape index (κ2) is 11.5. The van der Waals surface area contributed by atoms with Gasteiger partial charge in [0.25, 0.3) is 0 Å². The number of anilines is 1. The number of hydrogen-bond donors (Lipinski definition) is 2. The molecule has 6 heteroatoms. The van der Waals surface area contributed by atoms with Crippen molar-refractivity contribution in [3.8, 4) is 6.07 Å². The third-order valence-corrected chi connectivity index (χ3v) is 5.34. The lowest BCUT2D eigenvalue weighted by molar-refractivity contribution is -0.129. The van der Waals surface area contributed by atoms with Gasteiger partial charge in [0.2, 0.25) is 11.8 Å². The molecule has 28 heavy (non-hydrogen) atoms. The molecule has 0 bridgehead atoms. The van der Waals surface area contributed by atoms with E-state index in [4.69, 9.17) is 5.26 Å². The number of likely N-dealkylation sites (tertiary alicyclic amines) is 1. The van der Waals surface area contributed by atoms with Gasteiger partial charge in [0.15, 0.2) is 0 Å². The van der Waals surface area contributed by atoms with Crippen LogP contribution in [0.1, 0.15) is 57.9 Å². The van der Waals surface area contributed by atoms with Crippen molar-refractivity contribution in [2.24, 2.45) is 5.92 Å². The maximum Gasteiger partial charge on any atom is 0.241 e. The predicted molar refractivity (Wildman–Crippen MR) is 111 cm³/mol. The number of nitrogens with zero attached hydrogens (tertiary/aromatic N) is 2. The van der Waals surface area contributed by atoms with Gasteiger partial charge in [-0.05, 0) is 50.9 Å². The third-order valence-electron chi connectivity index (χ3n) is 5.34. The molecule has 1 aliphatic heterocycles. The van der Waals surface area contributed by atoms with Gasteiger partial charge in [0.1, 0.15) is 0 Å². The monoisotopic (exact) mass is 384 g/mol. The van der Waals surface area contributed by atoms with Crippen molar-refractivity contribution >= 4 is 17.5 Å². The largest absolute Gasteiger partial charge is 0.356 e. The fourth-order valence-electron chi connectivity index (χ4n) is 3.56. The molecular formula is C22H32N4O2. The minimum Gasteiger partial charge on any atom is -0.356 e. The van der Waals surface area contributed by atoms with E-state index in [1.807, 2.05) is 6.92 Å². The van der Waals surface area contributed by atoms with E-state index in [9.17, 15) is 9.59 Å². The molecule has 0 aliphatic carbocycles. The molecule has 152 valence electrons. The zero-order chi connectivity index (χ0) is 20.4. The van der Waals surface area contributed by atoms with Crippen molar-refractivity contribution < 1.29 is 9.59 Å². The Morgan fingerprint density at radius 3 is 2.89 bits per heavy atom. The van der Waals surface area contributed by atoms with Crippen LogP contribution in [0.15, 0.2) is 24.3 Å². The van der Waals surface area contributed by atoms with Gasteiger partial charge in [0, 0.05) is 18.8 Å². The molecule has 1 aromatic rings. The second-order valence-electron chi connectivity index (χ2n) is 7.54. The number of hydrogen-bond acceptors (Lipinski definition) is 4. The summed E-state index contributed by atoms with van der Waals surface area (Å²) >= 11 is 0. The highest BCUT2D eigenvalue weighted by atomic mass is 16.2. The number of nitriles is 1. The SMILES string of the molecule is CCCCCCNC(=O)C1CCCN(C(C)C(=O)Nc2cccc(C#N)c2)C1. The summed E-state index contributed by atoms with van der Waals surface area (Å²) in [6.07, 6.45) is 6.35. The van der Waals surface area contributed by atoms with Crippen LogP contribution < -0.4 is 10.6 Å². The Morgan fingerprint density at radius 1 is 1.32 bits per heavy atom. The average Bonchev–Trinajstić information content (AvgIpc) is 2.73. The molecule has 6 nitrogen and oxygen atoms in total. The molecule has 1 heterocycles. The van der Waals surface area contributed by atoms with Crippen molar-refractivity contribution in [1.29, 1.82) is 5.26 Å². The van der Waals surface area contributed by atoms with E-state index < -0.39 is 0 Å². The van der Waals surface area contributed by atoms with E-state index >= 15 is 0 Å². The smallest absolute Gasteiger partial charge is 0.241 e. The zero-order valence-corrected chi connectivity index (χ0v) is 17.0. The van der Waals surface area contributed by atoms with E-state index in [-0.39, 0.29) is 23.8 Å². The lowest BCUT2D eigenvalue weighted by atomic mass is 9.95. The fourth-order valence-corrected chi connectivity index (χ4v) is 3.56. The van der Waals surface area contributed by atoms with Crippen molar-refractivity contribution in [2.75, 3.05) is 25.0 Å². The normalized spacial score (nSPS) is 18.1. The maximum absolute atomic E-state index is 12.6. The molecule has 1 aliphatic rings. The first-order valence-electron chi connectivity index (χ1n) is 10.4. The Morgan fingerprint density at radius 2 is 2.14 bits per heavy atom. The lowest BCUT2D eigenvalue weighted by Crippen LogP contribution is -2.50. The Labute approximate surface area is 168 Å². The van der Waals surface area contributed by atoms with Gasteiger partial charge in [-0.15, -0.1) is 0 Å². The molecule has 0 spiro atoms. The summed E-state index contributed by atoms with van der Waals surface area (Å²) in [6, 6.07) is 8.64. The molecule has 2 atom stereocenters. The molecule has 2 rings (SSSR count). The number of benzene rings is 1. The first-order chi connectivity index (χ1) is 13.5. The van der Waals surface area contributed by atoms with E-state index in [1.165, 1.54) is 12.8 Å². The van der Waals surface area contributed by atoms with E-state index in [0.717, 1.165) is 38.8 Å². The minimum atomic E-state index is -0.328. The molecule has 2 unspecified atom stereocenters. The highest BCUT2D eigenvalue weighted by Gasteiger charge is 2.30. The summed E-state index contributed by atoms with van der Waals surface area (Å²) < 4.78 is 0. The summed E-state index contributed by atoms with van der Waals surface area (Å²) in [6.45, 7) is 6.20. The summed E-state index contributed by atoms with van der Waals surface area (Å²) in [5, 5.41) is 14.9. The van der Waals surface area contributed by atoms with Crippen LogP contribution in [-0.4, -0.2) is 42.4 Å². The van der Waals surface area contributed by atoms with E-state index in [1.54, 1.807) is 24.3 Å². The Balaban J connectivity index is 1.83. The summed E-state index contributed by atoms with van der Waals surface area (Å²) in [4.78, 5) is 27.2. The first kappa shape index (κ1) is 21.9. The predicted octanol–water partition coefficient (Wildman–Crippen LogP) is 3.29. The van der Waals surface area contributed by atoms with Crippen LogP contribution in [0.4, 0.5) is 5.69 Å². The van der Waals surface area contributed by atoms with Crippen molar-refractivity contribution in [1.82, 2.24) is 10.2 Å². The summed E-state index contributed by atoms with van der Waals surface area (Å²) in [5.41, 5.74) is 1.13. The van der Waals surface area contributed by atoms with Crippen molar-refractivity contribution in [2.45, 2.75) is 58.4 Å². The number of carbonyl (C=O) groups is 2. The van der Waals surface area contributed by atoms with Gasteiger partial charge in [-0.3, -0.25) is 14.5 Å². The average molecular weight is 385 g/mol. The Bertz CT molecular complexity index is 698. The van der Waals surface area contributed by atoms with Crippen LogP contribution in [0.25, 0.3) is 0 Å². The first-order valence-corrected chi connectivity index (χ1v) is 10.4. The molecule has 1 fully saturated rings. The van der Waals surface area contributed by atoms with Crippen molar-refractivity contribution in [3.05, 3.63) is 29.8 Å². The number of rotatable bonds is 9. The molecule has 0 radical (unpaired) electrons. The quantitative estimate of drug-likeness (QED) is 0.640. The van der Waals surface area contributed by atoms with Crippen LogP contribution in [0.2, 0.25) is 0 Å².